The molecule has 1 N–H and O–H groups in total. The summed E-state index contributed by atoms with van der Waals surface area (Å²) < 4.78 is 0. The first-order chi connectivity index (χ1) is 17.7. The number of imide groups is 1. The highest BCUT2D eigenvalue weighted by Crippen LogP contribution is 2.33. The van der Waals surface area contributed by atoms with E-state index in [9.17, 15) is 19.2 Å². The third kappa shape index (κ3) is 7.00. The van der Waals surface area contributed by atoms with E-state index in [1.54, 1.807) is 53.4 Å². The maximum absolute atomic E-state index is 13.1. The Balaban J connectivity index is 1.38. The number of rotatable bonds is 7. The van der Waals surface area contributed by atoms with Crippen molar-refractivity contribution in [3.05, 3.63) is 75.1 Å². The number of halogens is 1. The summed E-state index contributed by atoms with van der Waals surface area (Å²) in [5, 5.41) is 3.08. The molecule has 4 rings (SSSR count). The molecule has 2 aromatic carbocycles. The number of piperazine rings is 1. The Hall–Kier alpha value is -3.14. The molecule has 0 spiro atoms. The zero-order valence-electron chi connectivity index (χ0n) is 20.8. The first-order valence-electron chi connectivity index (χ1n) is 12.1. The van der Waals surface area contributed by atoms with Crippen LogP contribution in [0.25, 0.3) is 6.08 Å². The Morgan fingerprint density at radius 3 is 2.49 bits per heavy atom. The Kier molecular flexibility index (Phi) is 8.68. The first-order valence-corrected chi connectivity index (χ1v) is 13.3. The summed E-state index contributed by atoms with van der Waals surface area (Å²) in [5.41, 5.74) is 1.95. The van der Waals surface area contributed by atoms with E-state index in [4.69, 9.17) is 11.6 Å². The second-order valence-corrected chi connectivity index (χ2v) is 10.7. The molecule has 2 heterocycles. The topological polar surface area (TPSA) is 90.0 Å². The first kappa shape index (κ1) is 26.9. The van der Waals surface area contributed by atoms with Crippen LogP contribution in [0.15, 0.2) is 53.4 Å². The number of amides is 4. The summed E-state index contributed by atoms with van der Waals surface area (Å²) >= 11 is 6.91. The third-order valence-corrected chi connectivity index (χ3v) is 7.15. The van der Waals surface area contributed by atoms with Gasteiger partial charge in [-0.1, -0.05) is 35.9 Å². The van der Waals surface area contributed by atoms with Crippen LogP contribution in [0, 0.1) is 0 Å². The molecule has 0 atom stereocenters. The molecule has 2 fully saturated rings. The number of carbonyl (C=O) groups excluding carboxylic acids is 4. The Morgan fingerprint density at radius 2 is 1.78 bits per heavy atom. The van der Waals surface area contributed by atoms with Crippen LogP contribution in [0.2, 0.25) is 5.02 Å². The van der Waals surface area contributed by atoms with Crippen molar-refractivity contribution in [1.29, 1.82) is 0 Å². The molecule has 10 heteroatoms. The smallest absolute Gasteiger partial charge is 0.293 e. The number of carbonyl (C=O) groups is 4. The van der Waals surface area contributed by atoms with Crippen molar-refractivity contribution in [3.63, 3.8) is 0 Å². The molecule has 2 aliphatic heterocycles. The molecule has 0 unspecified atom stereocenters. The summed E-state index contributed by atoms with van der Waals surface area (Å²) in [4.78, 5) is 55.9. The van der Waals surface area contributed by atoms with E-state index >= 15 is 0 Å². The lowest BCUT2D eigenvalue weighted by atomic mass is 10.1. The number of thioether (sulfide) groups is 1. The van der Waals surface area contributed by atoms with Crippen molar-refractivity contribution in [3.8, 4) is 0 Å². The zero-order valence-corrected chi connectivity index (χ0v) is 22.3. The lowest BCUT2D eigenvalue weighted by Gasteiger charge is -2.34. The molecule has 2 saturated heterocycles. The van der Waals surface area contributed by atoms with Crippen LogP contribution in [0.4, 0.5) is 4.79 Å². The molecule has 8 nitrogen and oxygen atoms in total. The van der Waals surface area contributed by atoms with Gasteiger partial charge in [0.2, 0.25) is 5.91 Å². The predicted octanol–water partition coefficient (Wildman–Crippen LogP) is 3.86. The average molecular weight is 541 g/mol. The van der Waals surface area contributed by atoms with Crippen molar-refractivity contribution in [1.82, 2.24) is 20.0 Å². The fourth-order valence-electron chi connectivity index (χ4n) is 4.23. The van der Waals surface area contributed by atoms with Gasteiger partial charge in [0.25, 0.3) is 17.1 Å². The van der Waals surface area contributed by atoms with Crippen molar-refractivity contribution in [2.75, 3.05) is 32.7 Å². The number of nitrogens with zero attached hydrogens (tertiary/aromatic N) is 3. The van der Waals surface area contributed by atoms with Crippen LogP contribution in [-0.4, -0.2) is 76.4 Å². The minimum absolute atomic E-state index is 0.0144. The Morgan fingerprint density at radius 1 is 1.05 bits per heavy atom. The van der Waals surface area contributed by atoms with Crippen LogP contribution >= 0.6 is 23.4 Å². The maximum atomic E-state index is 13.1. The van der Waals surface area contributed by atoms with Crippen molar-refractivity contribution >= 4 is 52.4 Å². The molecule has 0 radical (unpaired) electrons. The van der Waals surface area contributed by atoms with Gasteiger partial charge in [-0.05, 0) is 67.1 Å². The number of hydrogen-bond acceptors (Lipinski definition) is 6. The average Bonchev–Trinajstić information content (AvgIpc) is 3.11. The molecule has 0 bridgehead atoms. The zero-order chi connectivity index (χ0) is 26.5. The predicted molar refractivity (Wildman–Crippen MR) is 145 cm³/mol. The van der Waals surface area contributed by atoms with Gasteiger partial charge in [-0.15, -0.1) is 0 Å². The minimum atomic E-state index is -0.371. The standard InChI is InChI=1S/C27H29ClN4O4S/c1-18(2)29-24(33)17-30-9-11-31(12-10-30)25(34)21-7-3-5-19(13-21)15-23-26(35)32(27(36)37-23)16-20-6-4-8-22(28)14-20/h3-8,13-15,18H,9-12,16-17H2,1-2H3,(H,29,33). The number of nitrogens with one attached hydrogen (secondary N) is 1. The second-order valence-electron chi connectivity index (χ2n) is 9.31. The van der Waals surface area contributed by atoms with Gasteiger partial charge in [-0.25, -0.2) is 0 Å². The molecule has 0 saturated carbocycles. The van der Waals surface area contributed by atoms with E-state index in [-0.39, 0.29) is 35.5 Å². The highest BCUT2D eigenvalue weighted by molar-refractivity contribution is 8.18. The lowest BCUT2D eigenvalue weighted by molar-refractivity contribution is -0.124. The van der Waals surface area contributed by atoms with Crippen molar-refractivity contribution in [2.45, 2.75) is 26.4 Å². The van der Waals surface area contributed by atoms with Gasteiger partial charge < -0.3 is 10.2 Å². The summed E-state index contributed by atoms with van der Waals surface area (Å²) in [6, 6.07) is 14.2. The minimum Gasteiger partial charge on any atom is -0.353 e. The van der Waals surface area contributed by atoms with Gasteiger partial charge >= 0.3 is 0 Å². The van der Waals surface area contributed by atoms with E-state index in [1.807, 2.05) is 24.8 Å². The van der Waals surface area contributed by atoms with Crippen LogP contribution in [-0.2, 0) is 16.1 Å². The highest BCUT2D eigenvalue weighted by Gasteiger charge is 2.35. The summed E-state index contributed by atoms with van der Waals surface area (Å²) in [6.45, 7) is 6.62. The maximum Gasteiger partial charge on any atom is 0.293 e. The van der Waals surface area contributed by atoms with Gasteiger partial charge in [0.1, 0.15) is 0 Å². The van der Waals surface area contributed by atoms with Crippen molar-refractivity contribution in [2.24, 2.45) is 0 Å². The lowest BCUT2D eigenvalue weighted by Crippen LogP contribution is -2.51. The van der Waals surface area contributed by atoms with E-state index in [1.165, 1.54) is 4.90 Å². The van der Waals surface area contributed by atoms with E-state index in [0.29, 0.717) is 53.8 Å². The van der Waals surface area contributed by atoms with Gasteiger partial charge in [-0.2, -0.15) is 0 Å². The van der Waals surface area contributed by atoms with Gasteiger partial charge in [0.15, 0.2) is 0 Å². The molecule has 4 amide bonds. The van der Waals surface area contributed by atoms with Gasteiger partial charge in [0.05, 0.1) is 18.0 Å². The Labute approximate surface area is 225 Å². The van der Waals surface area contributed by atoms with Crippen LogP contribution in [0.5, 0.6) is 0 Å². The summed E-state index contributed by atoms with van der Waals surface area (Å²) in [7, 11) is 0. The molecule has 0 aromatic heterocycles. The van der Waals surface area contributed by atoms with E-state index in [0.717, 1.165) is 17.3 Å². The molecule has 37 heavy (non-hydrogen) atoms. The van der Waals surface area contributed by atoms with Crippen LogP contribution in [0.1, 0.15) is 35.3 Å². The molecule has 2 aliphatic rings. The molecular formula is C27H29ClN4O4S. The summed E-state index contributed by atoms with van der Waals surface area (Å²) in [5.74, 6) is -0.487. The highest BCUT2D eigenvalue weighted by atomic mass is 35.5. The van der Waals surface area contributed by atoms with Gasteiger partial charge in [-0.3, -0.25) is 29.0 Å². The molecule has 194 valence electrons. The fraction of sp³-hybridized carbons (Fsp3) is 0.333. The number of hydrogen-bond donors (Lipinski definition) is 1. The van der Waals surface area contributed by atoms with Crippen LogP contribution < -0.4 is 5.32 Å². The van der Waals surface area contributed by atoms with Crippen LogP contribution in [0.3, 0.4) is 0 Å². The summed E-state index contributed by atoms with van der Waals surface area (Å²) in [6.07, 6.45) is 1.64. The largest absolute Gasteiger partial charge is 0.353 e. The fourth-order valence-corrected chi connectivity index (χ4v) is 5.28. The Bertz CT molecular complexity index is 1240. The molecule has 2 aromatic rings. The third-order valence-electron chi connectivity index (χ3n) is 6.01. The SMILES string of the molecule is CC(C)NC(=O)CN1CCN(C(=O)c2cccc(C=C3SC(=O)N(Cc4cccc(Cl)c4)C3=O)c2)CC1. The normalized spacial score (nSPS) is 17.7. The van der Waals surface area contributed by atoms with Gasteiger partial charge in [0, 0.05) is 42.8 Å². The quantitative estimate of drug-likeness (QED) is 0.536. The molecular weight excluding hydrogens is 512 g/mol. The van der Waals surface area contributed by atoms with Crippen molar-refractivity contribution < 1.29 is 19.2 Å². The van der Waals surface area contributed by atoms with E-state index in [2.05, 4.69) is 5.32 Å². The van der Waals surface area contributed by atoms with E-state index < -0.39 is 0 Å². The number of benzene rings is 2. The second kappa shape index (κ2) is 11.9. The monoisotopic (exact) mass is 540 g/mol. The molecule has 0 aliphatic carbocycles.